The summed E-state index contributed by atoms with van der Waals surface area (Å²) in [7, 11) is 1.88. The Labute approximate surface area is 111 Å². The second-order valence-corrected chi connectivity index (χ2v) is 5.65. The molecular weight excluding hydrogens is 222 g/mol. The SMILES string of the molecule is CCC(=O)N(C)C(C)(C)c1cccc(C(C)C)c1. The first-order valence-corrected chi connectivity index (χ1v) is 6.67. The summed E-state index contributed by atoms with van der Waals surface area (Å²) in [4.78, 5) is 13.7. The minimum Gasteiger partial charge on any atom is -0.337 e. The van der Waals surface area contributed by atoms with E-state index in [0.29, 0.717) is 12.3 Å². The summed E-state index contributed by atoms with van der Waals surface area (Å²) in [5.74, 6) is 0.683. The molecule has 18 heavy (non-hydrogen) atoms. The number of carbonyl (C=O) groups is 1. The zero-order valence-electron chi connectivity index (χ0n) is 12.4. The largest absolute Gasteiger partial charge is 0.337 e. The van der Waals surface area contributed by atoms with E-state index in [0.717, 1.165) is 0 Å². The van der Waals surface area contributed by atoms with Crippen LogP contribution in [0.1, 0.15) is 58.1 Å². The van der Waals surface area contributed by atoms with Crippen LogP contribution in [-0.4, -0.2) is 17.9 Å². The zero-order chi connectivity index (χ0) is 13.9. The van der Waals surface area contributed by atoms with Crippen LogP contribution in [0.4, 0.5) is 0 Å². The lowest BCUT2D eigenvalue weighted by molar-refractivity contribution is -0.134. The molecule has 0 fully saturated rings. The summed E-state index contributed by atoms with van der Waals surface area (Å²) in [6, 6.07) is 8.54. The lowest BCUT2D eigenvalue weighted by Gasteiger charge is -2.36. The van der Waals surface area contributed by atoms with Crippen molar-refractivity contribution in [3.63, 3.8) is 0 Å². The molecule has 0 aliphatic rings. The predicted molar refractivity (Wildman–Crippen MR) is 76.6 cm³/mol. The van der Waals surface area contributed by atoms with Gasteiger partial charge in [0, 0.05) is 13.5 Å². The van der Waals surface area contributed by atoms with E-state index in [1.54, 1.807) is 0 Å². The topological polar surface area (TPSA) is 20.3 Å². The summed E-state index contributed by atoms with van der Waals surface area (Å²) in [5.41, 5.74) is 2.24. The molecule has 0 aliphatic heterocycles. The van der Waals surface area contributed by atoms with Crippen LogP contribution in [0.3, 0.4) is 0 Å². The Bertz CT molecular complexity index is 421. The van der Waals surface area contributed by atoms with Crippen molar-refractivity contribution < 1.29 is 4.79 Å². The number of amides is 1. The van der Waals surface area contributed by atoms with E-state index in [-0.39, 0.29) is 11.4 Å². The van der Waals surface area contributed by atoms with Gasteiger partial charge in [-0.3, -0.25) is 4.79 Å². The molecule has 1 rings (SSSR count). The van der Waals surface area contributed by atoms with E-state index in [1.807, 2.05) is 18.9 Å². The van der Waals surface area contributed by atoms with Gasteiger partial charge in [0.1, 0.15) is 0 Å². The lowest BCUT2D eigenvalue weighted by atomic mass is 9.89. The smallest absolute Gasteiger partial charge is 0.222 e. The number of benzene rings is 1. The molecule has 0 bridgehead atoms. The summed E-state index contributed by atoms with van der Waals surface area (Å²) < 4.78 is 0. The first-order valence-electron chi connectivity index (χ1n) is 6.67. The fourth-order valence-corrected chi connectivity index (χ4v) is 2.02. The van der Waals surface area contributed by atoms with Gasteiger partial charge in [-0.05, 0) is 30.9 Å². The monoisotopic (exact) mass is 247 g/mol. The molecule has 0 heterocycles. The highest BCUT2D eigenvalue weighted by molar-refractivity contribution is 5.76. The molecule has 0 aliphatic carbocycles. The van der Waals surface area contributed by atoms with Gasteiger partial charge in [-0.15, -0.1) is 0 Å². The van der Waals surface area contributed by atoms with E-state index in [4.69, 9.17) is 0 Å². The third kappa shape index (κ3) is 2.92. The molecule has 2 heteroatoms. The third-order valence-electron chi connectivity index (χ3n) is 3.77. The van der Waals surface area contributed by atoms with Crippen LogP contribution in [0.25, 0.3) is 0 Å². The van der Waals surface area contributed by atoms with E-state index >= 15 is 0 Å². The Morgan fingerprint density at radius 3 is 2.44 bits per heavy atom. The van der Waals surface area contributed by atoms with E-state index in [9.17, 15) is 4.79 Å². The predicted octanol–water partition coefficient (Wildman–Crippen LogP) is 3.91. The normalized spacial score (nSPS) is 11.7. The van der Waals surface area contributed by atoms with Crippen LogP contribution >= 0.6 is 0 Å². The van der Waals surface area contributed by atoms with Gasteiger partial charge < -0.3 is 4.90 Å². The van der Waals surface area contributed by atoms with Crippen molar-refractivity contribution in [3.8, 4) is 0 Å². The molecule has 2 nitrogen and oxygen atoms in total. The van der Waals surface area contributed by atoms with Crippen LogP contribution in [0, 0.1) is 0 Å². The third-order valence-corrected chi connectivity index (χ3v) is 3.77. The molecule has 0 spiro atoms. The first-order chi connectivity index (χ1) is 8.30. The van der Waals surface area contributed by atoms with Crippen molar-refractivity contribution >= 4 is 5.91 Å². The van der Waals surface area contributed by atoms with Crippen molar-refractivity contribution in [1.29, 1.82) is 0 Å². The Morgan fingerprint density at radius 2 is 1.94 bits per heavy atom. The van der Waals surface area contributed by atoms with Gasteiger partial charge in [-0.25, -0.2) is 0 Å². The molecule has 100 valence electrons. The molecule has 0 aromatic heterocycles. The van der Waals surface area contributed by atoms with Crippen molar-refractivity contribution in [3.05, 3.63) is 35.4 Å². The average Bonchev–Trinajstić information content (AvgIpc) is 2.36. The highest BCUT2D eigenvalue weighted by Gasteiger charge is 2.28. The standard InChI is InChI=1S/C16H25NO/c1-7-15(18)17(6)16(4,5)14-10-8-9-13(11-14)12(2)3/h8-12H,7H2,1-6H3. The van der Waals surface area contributed by atoms with Gasteiger partial charge in [0.05, 0.1) is 5.54 Å². The van der Waals surface area contributed by atoms with Gasteiger partial charge in [0.15, 0.2) is 0 Å². The van der Waals surface area contributed by atoms with E-state index in [1.165, 1.54) is 11.1 Å². The van der Waals surface area contributed by atoms with E-state index < -0.39 is 0 Å². The molecule has 0 unspecified atom stereocenters. The molecule has 0 N–H and O–H groups in total. The molecule has 0 atom stereocenters. The summed E-state index contributed by atoms with van der Waals surface area (Å²) in [5, 5.41) is 0. The Balaban J connectivity index is 3.11. The number of hydrogen-bond donors (Lipinski definition) is 0. The molecule has 0 saturated carbocycles. The maximum atomic E-state index is 11.9. The van der Waals surface area contributed by atoms with Crippen molar-refractivity contribution in [2.75, 3.05) is 7.05 Å². The average molecular weight is 247 g/mol. The zero-order valence-corrected chi connectivity index (χ0v) is 12.4. The lowest BCUT2D eigenvalue weighted by Crippen LogP contribution is -2.42. The van der Waals surface area contributed by atoms with Crippen LogP contribution in [0.15, 0.2) is 24.3 Å². The van der Waals surface area contributed by atoms with Crippen molar-refractivity contribution in [2.45, 2.75) is 52.5 Å². The first kappa shape index (κ1) is 14.7. The summed E-state index contributed by atoms with van der Waals surface area (Å²) in [6.45, 7) is 10.5. The van der Waals surface area contributed by atoms with Crippen LogP contribution in [0.2, 0.25) is 0 Å². The Morgan fingerprint density at radius 1 is 1.33 bits per heavy atom. The molecule has 0 radical (unpaired) electrons. The maximum Gasteiger partial charge on any atom is 0.222 e. The quantitative estimate of drug-likeness (QED) is 0.790. The number of hydrogen-bond acceptors (Lipinski definition) is 1. The Hall–Kier alpha value is -1.31. The minimum absolute atomic E-state index is 0.176. The number of carbonyl (C=O) groups excluding carboxylic acids is 1. The van der Waals surface area contributed by atoms with Crippen molar-refractivity contribution in [1.82, 2.24) is 4.90 Å². The van der Waals surface area contributed by atoms with Crippen LogP contribution in [0.5, 0.6) is 0 Å². The molecule has 1 aromatic rings. The molecule has 0 saturated heterocycles. The van der Waals surface area contributed by atoms with Crippen LogP contribution < -0.4 is 0 Å². The van der Waals surface area contributed by atoms with Crippen LogP contribution in [-0.2, 0) is 10.3 Å². The summed E-state index contributed by atoms with van der Waals surface area (Å²) >= 11 is 0. The number of nitrogens with zero attached hydrogens (tertiary/aromatic N) is 1. The molecule has 1 amide bonds. The molecular formula is C16H25NO. The van der Waals surface area contributed by atoms with Gasteiger partial charge in [-0.1, -0.05) is 45.0 Å². The van der Waals surface area contributed by atoms with Crippen molar-refractivity contribution in [2.24, 2.45) is 0 Å². The van der Waals surface area contributed by atoms with Gasteiger partial charge in [0.2, 0.25) is 5.91 Å². The fraction of sp³-hybridized carbons (Fsp3) is 0.562. The fourth-order valence-electron chi connectivity index (χ4n) is 2.02. The highest BCUT2D eigenvalue weighted by atomic mass is 16.2. The minimum atomic E-state index is -0.266. The number of rotatable bonds is 4. The second-order valence-electron chi connectivity index (χ2n) is 5.65. The van der Waals surface area contributed by atoms with Gasteiger partial charge >= 0.3 is 0 Å². The maximum absolute atomic E-state index is 11.9. The summed E-state index contributed by atoms with van der Waals surface area (Å²) in [6.07, 6.45) is 0.545. The van der Waals surface area contributed by atoms with Gasteiger partial charge in [0.25, 0.3) is 0 Å². The van der Waals surface area contributed by atoms with E-state index in [2.05, 4.69) is 52.0 Å². The highest BCUT2D eigenvalue weighted by Crippen LogP contribution is 2.29. The second kappa shape index (κ2) is 5.55. The Kier molecular flexibility index (Phi) is 4.55. The van der Waals surface area contributed by atoms with Gasteiger partial charge in [-0.2, -0.15) is 0 Å². The molecule has 1 aromatic carbocycles.